The first-order valence-electron chi connectivity index (χ1n) is 6.33. The summed E-state index contributed by atoms with van der Waals surface area (Å²) in [6.45, 7) is 10.6. The number of Topliss-reactive ketones (excluding diaryl/α,β-unsaturated/α-hetero) is 1. The third kappa shape index (κ3) is 1.66. The van der Waals surface area contributed by atoms with Gasteiger partial charge < -0.3 is 0 Å². The van der Waals surface area contributed by atoms with Gasteiger partial charge in [-0.15, -0.1) is 0 Å². The van der Waals surface area contributed by atoms with Crippen molar-refractivity contribution in [1.29, 1.82) is 0 Å². The first-order valence-corrected chi connectivity index (χ1v) is 6.33. The highest BCUT2D eigenvalue weighted by Gasteiger charge is 2.44. The summed E-state index contributed by atoms with van der Waals surface area (Å²) in [4.78, 5) is 11.9. The van der Waals surface area contributed by atoms with Crippen LogP contribution in [0, 0.1) is 17.3 Å². The Morgan fingerprint density at radius 1 is 1.50 bits per heavy atom. The molecule has 0 spiro atoms. The lowest BCUT2D eigenvalue weighted by Gasteiger charge is -2.46. The topological polar surface area (TPSA) is 17.1 Å². The minimum atomic E-state index is 0.108. The molecule has 0 unspecified atom stereocenters. The normalized spacial score (nSPS) is 38.9. The number of hydrogen-bond acceptors (Lipinski definition) is 1. The largest absolute Gasteiger partial charge is 0.299 e. The maximum atomic E-state index is 11.9. The molecule has 0 aromatic rings. The lowest BCUT2D eigenvalue weighted by Crippen LogP contribution is -2.41. The molecule has 2 rings (SSSR count). The molecule has 0 amide bonds. The quantitative estimate of drug-likeness (QED) is 0.610. The molecule has 1 saturated carbocycles. The first-order chi connectivity index (χ1) is 7.45. The second-order valence-electron chi connectivity index (χ2n) is 5.82. The zero-order valence-electron chi connectivity index (χ0n) is 10.7. The lowest BCUT2D eigenvalue weighted by atomic mass is 9.57. The fourth-order valence-electron chi connectivity index (χ4n) is 3.29. The molecule has 16 heavy (non-hydrogen) atoms. The number of ketones is 1. The van der Waals surface area contributed by atoms with Crippen molar-refractivity contribution in [3.8, 4) is 0 Å². The molecule has 0 aromatic carbocycles. The van der Waals surface area contributed by atoms with E-state index in [0.717, 1.165) is 25.7 Å². The van der Waals surface area contributed by atoms with E-state index in [2.05, 4.69) is 33.4 Å². The zero-order chi connectivity index (χ0) is 11.9. The number of allylic oxidation sites excluding steroid dienone is 3. The Labute approximate surface area is 98.6 Å². The fraction of sp³-hybridized carbons (Fsp3) is 0.667. The van der Waals surface area contributed by atoms with E-state index in [-0.39, 0.29) is 11.3 Å². The van der Waals surface area contributed by atoms with Gasteiger partial charge in [-0.3, -0.25) is 4.79 Å². The monoisotopic (exact) mass is 218 g/mol. The molecule has 1 fully saturated rings. The van der Waals surface area contributed by atoms with Crippen LogP contribution in [0.3, 0.4) is 0 Å². The number of fused-ring (bicyclic) bond motifs is 1. The van der Waals surface area contributed by atoms with Crippen LogP contribution in [-0.2, 0) is 4.79 Å². The molecule has 88 valence electrons. The Morgan fingerprint density at radius 3 is 2.81 bits per heavy atom. The van der Waals surface area contributed by atoms with Gasteiger partial charge in [0.05, 0.1) is 0 Å². The van der Waals surface area contributed by atoms with Gasteiger partial charge in [-0.1, -0.05) is 37.6 Å². The summed E-state index contributed by atoms with van der Waals surface area (Å²) in [5, 5.41) is 0. The van der Waals surface area contributed by atoms with Crippen molar-refractivity contribution in [1.82, 2.24) is 0 Å². The van der Waals surface area contributed by atoms with Crippen LogP contribution in [0.4, 0.5) is 0 Å². The van der Waals surface area contributed by atoms with E-state index < -0.39 is 0 Å². The molecule has 1 nitrogen and oxygen atoms in total. The number of carbonyl (C=O) groups is 1. The van der Waals surface area contributed by atoms with Crippen molar-refractivity contribution in [3.05, 3.63) is 23.8 Å². The third-order valence-corrected chi connectivity index (χ3v) is 4.83. The molecular formula is C15H22O. The molecule has 0 aliphatic heterocycles. The molecule has 0 bridgehead atoms. The highest BCUT2D eigenvalue weighted by molar-refractivity contribution is 5.83. The van der Waals surface area contributed by atoms with E-state index >= 15 is 0 Å². The molecule has 0 heterocycles. The van der Waals surface area contributed by atoms with Gasteiger partial charge in [0.15, 0.2) is 0 Å². The van der Waals surface area contributed by atoms with Crippen molar-refractivity contribution in [2.24, 2.45) is 17.3 Å². The number of carbonyl (C=O) groups excluding carboxylic acids is 1. The minimum absolute atomic E-state index is 0.108. The average Bonchev–Trinajstić information content (AvgIpc) is 2.24. The Hall–Kier alpha value is -0.850. The molecule has 0 N–H and O–H groups in total. The molecule has 0 radical (unpaired) electrons. The van der Waals surface area contributed by atoms with Crippen molar-refractivity contribution < 1.29 is 4.79 Å². The molecule has 0 aromatic heterocycles. The Bertz CT molecular complexity index is 364. The van der Waals surface area contributed by atoms with Gasteiger partial charge >= 0.3 is 0 Å². The minimum Gasteiger partial charge on any atom is -0.299 e. The van der Waals surface area contributed by atoms with Gasteiger partial charge in [-0.05, 0) is 37.5 Å². The van der Waals surface area contributed by atoms with Crippen LogP contribution in [0.15, 0.2) is 23.8 Å². The van der Waals surface area contributed by atoms with Crippen molar-refractivity contribution >= 4 is 5.78 Å². The molecule has 1 heteroatoms. The summed E-state index contributed by atoms with van der Waals surface area (Å²) < 4.78 is 0. The van der Waals surface area contributed by atoms with E-state index in [1.165, 1.54) is 11.1 Å². The number of rotatable bonds is 1. The molecule has 3 atom stereocenters. The van der Waals surface area contributed by atoms with Crippen LogP contribution < -0.4 is 0 Å². The van der Waals surface area contributed by atoms with Gasteiger partial charge in [0.2, 0.25) is 0 Å². The van der Waals surface area contributed by atoms with Crippen LogP contribution >= 0.6 is 0 Å². The van der Waals surface area contributed by atoms with Crippen molar-refractivity contribution in [2.45, 2.75) is 46.5 Å². The lowest BCUT2D eigenvalue weighted by molar-refractivity contribution is -0.127. The highest BCUT2D eigenvalue weighted by atomic mass is 16.1. The van der Waals surface area contributed by atoms with Crippen molar-refractivity contribution in [3.63, 3.8) is 0 Å². The maximum Gasteiger partial charge on any atom is 0.136 e. The van der Waals surface area contributed by atoms with E-state index in [1.54, 1.807) is 0 Å². The molecule has 2 aliphatic rings. The van der Waals surface area contributed by atoms with Crippen LogP contribution in [0.5, 0.6) is 0 Å². The second kappa shape index (κ2) is 3.87. The number of hydrogen-bond donors (Lipinski definition) is 0. The summed E-state index contributed by atoms with van der Waals surface area (Å²) in [5.41, 5.74) is 2.90. The smallest absolute Gasteiger partial charge is 0.136 e. The van der Waals surface area contributed by atoms with E-state index in [0.29, 0.717) is 11.7 Å². The summed E-state index contributed by atoms with van der Waals surface area (Å²) in [5.74, 6) is 1.21. The maximum absolute atomic E-state index is 11.9. The summed E-state index contributed by atoms with van der Waals surface area (Å²) >= 11 is 0. The summed E-state index contributed by atoms with van der Waals surface area (Å²) in [6, 6.07) is 0. The standard InChI is InChI=1S/C15H22O/c1-10(2)12-5-6-13-7-8-14(16)11(3)15(13,4)9-12/h6,11-12H,1,5,7-9H2,2-4H3/t11-,12-,15-/m1/s1. The van der Waals surface area contributed by atoms with Gasteiger partial charge in [0, 0.05) is 12.3 Å². The third-order valence-electron chi connectivity index (χ3n) is 4.83. The van der Waals surface area contributed by atoms with Gasteiger partial charge in [-0.25, -0.2) is 0 Å². The summed E-state index contributed by atoms with van der Waals surface area (Å²) in [6.07, 6.45) is 6.36. The van der Waals surface area contributed by atoms with Crippen molar-refractivity contribution in [2.75, 3.05) is 0 Å². The Morgan fingerprint density at radius 2 is 2.19 bits per heavy atom. The zero-order valence-corrected chi connectivity index (χ0v) is 10.7. The van der Waals surface area contributed by atoms with Gasteiger partial charge in [0.25, 0.3) is 0 Å². The van der Waals surface area contributed by atoms with Crippen LogP contribution in [0.25, 0.3) is 0 Å². The fourth-order valence-corrected chi connectivity index (χ4v) is 3.29. The molecule has 0 saturated heterocycles. The average molecular weight is 218 g/mol. The van der Waals surface area contributed by atoms with Crippen LogP contribution in [0.2, 0.25) is 0 Å². The first kappa shape index (κ1) is 11.6. The van der Waals surface area contributed by atoms with Gasteiger partial charge in [0.1, 0.15) is 5.78 Å². The predicted molar refractivity (Wildman–Crippen MR) is 67.1 cm³/mol. The Balaban J connectivity index is 2.32. The highest BCUT2D eigenvalue weighted by Crippen LogP contribution is 2.51. The van der Waals surface area contributed by atoms with E-state index in [4.69, 9.17) is 0 Å². The SMILES string of the molecule is C=C(C)[C@@H]1CC=C2CCC(=O)[C@@H](C)[C@@]2(C)C1. The molecular weight excluding hydrogens is 196 g/mol. The van der Waals surface area contributed by atoms with Crippen LogP contribution in [0.1, 0.15) is 46.5 Å². The summed E-state index contributed by atoms with van der Waals surface area (Å²) in [7, 11) is 0. The van der Waals surface area contributed by atoms with Crippen LogP contribution in [-0.4, -0.2) is 5.78 Å². The van der Waals surface area contributed by atoms with E-state index in [9.17, 15) is 4.79 Å². The van der Waals surface area contributed by atoms with E-state index in [1.807, 2.05) is 0 Å². The Kier molecular flexibility index (Phi) is 2.81. The van der Waals surface area contributed by atoms with Gasteiger partial charge in [-0.2, -0.15) is 0 Å². The molecule has 2 aliphatic carbocycles. The second-order valence-corrected chi connectivity index (χ2v) is 5.82. The predicted octanol–water partition coefficient (Wildman–Crippen LogP) is 3.90.